The fourth-order valence-electron chi connectivity index (χ4n) is 3.25. The highest BCUT2D eigenvalue weighted by Crippen LogP contribution is 2.40. The molecule has 21 heavy (non-hydrogen) atoms. The van der Waals surface area contributed by atoms with Crippen LogP contribution < -0.4 is 5.73 Å². The van der Waals surface area contributed by atoms with E-state index in [0.29, 0.717) is 5.92 Å². The van der Waals surface area contributed by atoms with Crippen LogP contribution in [0, 0.1) is 0 Å². The Balaban J connectivity index is 1.79. The molecule has 3 nitrogen and oxygen atoms in total. The van der Waals surface area contributed by atoms with E-state index >= 15 is 0 Å². The van der Waals surface area contributed by atoms with Crippen LogP contribution in [0.2, 0.25) is 0 Å². The lowest BCUT2D eigenvalue weighted by Gasteiger charge is -2.29. The van der Waals surface area contributed by atoms with E-state index in [9.17, 15) is 0 Å². The Hall–Kier alpha value is -2.13. The summed E-state index contributed by atoms with van der Waals surface area (Å²) in [6.07, 6.45) is 7.78. The Bertz CT molecular complexity index is 771. The summed E-state index contributed by atoms with van der Waals surface area (Å²) in [4.78, 5) is 0. The van der Waals surface area contributed by atoms with E-state index in [-0.39, 0.29) is 6.04 Å². The van der Waals surface area contributed by atoms with Gasteiger partial charge in [-0.3, -0.25) is 0 Å². The second-order valence-corrected chi connectivity index (χ2v) is 5.86. The molecule has 0 spiro atoms. The lowest BCUT2D eigenvalue weighted by Crippen LogP contribution is -2.18. The van der Waals surface area contributed by atoms with E-state index < -0.39 is 0 Å². The van der Waals surface area contributed by atoms with Crippen LogP contribution in [0.1, 0.15) is 47.9 Å². The van der Waals surface area contributed by atoms with Gasteiger partial charge in [0, 0.05) is 11.8 Å². The summed E-state index contributed by atoms with van der Waals surface area (Å²) in [6.45, 7) is 0. The molecular weight excluding hydrogens is 258 g/mol. The maximum absolute atomic E-state index is 6.59. The molecule has 3 heteroatoms. The van der Waals surface area contributed by atoms with E-state index in [1.54, 1.807) is 0 Å². The first-order valence-corrected chi connectivity index (χ1v) is 7.61. The van der Waals surface area contributed by atoms with Crippen LogP contribution in [0.4, 0.5) is 0 Å². The molecule has 2 N–H and O–H groups in total. The first-order chi connectivity index (χ1) is 10.3. The molecule has 1 saturated carbocycles. The number of nitrogens with zero attached hydrogens (tertiary/aromatic N) is 2. The van der Waals surface area contributed by atoms with Crippen LogP contribution in [0.25, 0.3) is 5.52 Å². The van der Waals surface area contributed by atoms with E-state index in [4.69, 9.17) is 5.73 Å². The Kier molecular flexibility index (Phi) is 3.00. The van der Waals surface area contributed by atoms with Crippen LogP contribution >= 0.6 is 0 Å². The normalized spacial score (nSPS) is 16.8. The van der Waals surface area contributed by atoms with E-state index in [1.165, 1.54) is 30.4 Å². The Morgan fingerprint density at radius 3 is 2.67 bits per heavy atom. The molecule has 1 unspecified atom stereocenters. The minimum absolute atomic E-state index is 0.110. The maximum atomic E-state index is 6.59. The summed E-state index contributed by atoms with van der Waals surface area (Å²) in [5, 5.41) is 4.41. The molecule has 1 aliphatic rings. The quantitative estimate of drug-likeness (QED) is 0.794. The number of fused-ring (bicyclic) bond motifs is 1. The van der Waals surface area contributed by atoms with Crippen molar-refractivity contribution in [1.29, 1.82) is 0 Å². The van der Waals surface area contributed by atoms with Gasteiger partial charge in [-0.25, -0.2) is 4.52 Å². The van der Waals surface area contributed by atoms with Crippen molar-refractivity contribution in [2.45, 2.75) is 31.2 Å². The molecule has 1 aliphatic carbocycles. The average molecular weight is 277 g/mol. The summed E-state index contributed by atoms with van der Waals surface area (Å²) in [7, 11) is 0. The Labute approximate surface area is 124 Å². The second kappa shape index (κ2) is 5.01. The second-order valence-electron chi connectivity index (χ2n) is 5.86. The molecule has 0 aliphatic heterocycles. The van der Waals surface area contributed by atoms with Crippen molar-refractivity contribution in [2.75, 3.05) is 0 Å². The molecule has 106 valence electrons. The molecule has 4 rings (SSSR count). The highest BCUT2D eigenvalue weighted by molar-refractivity contribution is 5.57. The predicted molar refractivity (Wildman–Crippen MR) is 84.3 cm³/mol. The lowest BCUT2D eigenvalue weighted by molar-refractivity contribution is 0.416. The monoisotopic (exact) mass is 277 g/mol. The van der Waals surface area contributed by atoms with Crippen LogP contribution in [-0.2, 0) is 0 Å². The summed E-state index contributed by atoms with van der Waals surface area (Å²) in [5.74, 6) is 0.689. The van der Waals surface area contributed by atoms with Crippen molar-refractivity contribution in [2.24, 2.45) is 5.73 Å². The Morgan fingerprint density at radius 1 is 1.05 bits per heavy atom. The van der Waals surface area contributed by atoms with Gasteiger partial charge in [0.25, 0.3) is 0 Å². The third-order valence-corrected chi connectivity index (χ3v) is 4.67. The molecule has 2 heterocycles. The largest absolute Gasteiger partial charge is 0.320 e. The van der Waals surface area contributed by atoms with Gasteiger partial charge in [-0.2, -0.15) is 5.10 Å². The summed E-state index contributed by atoms with van der Waals surface area (Å²) < 4.78 is 1.89. The number of pyridine rings is 1. The van der Waals surface area contributed by atoms with Gasteiger partial charge < -0.3 is 5.73 Å². The van der Waals surface area contributed by atoms with Crippen LogP contribution in [-0.4, -0.2) is 9.61 Å². The SMILES string of the molecule is NC(c1ccccc1C1CCC1)c1cnn2ccccc12. The van der Waals surface area contributed by atoms with E-state index in [2.05, 4.69) is 35.4 Å². The van der Waals surface area contributed by atoms with Gasteiger partial charge in [0.05, 0.1) is 17.8 Å². The molecule has 1 aromatic carbocycles. The predicted octanol–water partition coefficient (Wildman–Crippen LogP) is 3.65. The zero-order valence-corrected chi connectivity index (χ0v) is 11.9. The maximum Gasteiger partial charge on any atom is 0.0712 e. The highest BCUT2D eigenvalue weighted by Gasteiger charge is 2.25. The van der Waals surface area contributed by atoms with Crippen molar-refractivity contribution < 1.29 is 0 Å². The summed E-state index contributed by atoms with van der Waals surface area (Å²) in [5.41, 5.74) is 11.5. The lowest BCUT2D eigenvalue weighted by atomic mass is 9.76. The molecule has 1 fully saturated rings. The fourth-order valence-corrected chi connectivity index (χ4v) is 3.25. The average Bonchev–Trinajstić information content (AvgIpc) is 2.89. The third kappa shape index (κ3) is 2.05. The van der Waals surface area contributed by atoms with Gasteiger partial charge in [0.1, 0.15) is 0 Å². The molecule has 0 radical (unpaired) electrons. The molecule has 0 amide bonds. The van der Waals surface area contributed by atoms with Crippen molar-refractivity contribution in [3.05, 3.63) is 71.5 Å². The number of benzene rings is 1. The standard InChI is InChI=1S/C18H19N3/c19-18(16-12-20-21-11-4-3-10-17(16)21)15-9-2-1-8-14(15)13-6-5-7-13/h1-4,8-13,18H,5-7,19H2. The molecule has 0 bridgehead atoms. The molecule has 0 saturated heterocycles. The number of nitrogens with two attached hydrogens (primary N) is 1. The van der Waals surface area contributed by atoms with E-state index in [0.717, 1.165) is 11.1 Å². The van der Waals surface area contributed by atoms with Crippen molar-refractivity contribution >= 4 is 5.52 Å². The van der Waals surface area contributed by atoms with Gasteiger partial charge in [-0.05, 0) is 42.0 Å². The van der Waals surface area contributed by atoms with Gasteiger partial charge in [0.15, 0.2) is 0 Å². The van der Waals surface area contributed by atoms with Crippen molar-refractivity contribution in [3.8, 4) is 0 Å². The van der Waals surface area contributed by atoms with Gasteiger partial charge in [0.2, 0.25) is 0 Å². The zero-order chi connectivity index (χ0) is 14.2. The highest BCUT2D eigenvalue weighted by atomic mass is 15.2. The van der Waals surface area contributed by atoms with Gasteiger partial charge >= 0.3 is 0 Å². The zero-order valence-electron chi connectivity index (χ0n) is 11.9. The number of aromatic nitrogens is 2. The number of rotatable bonds is 3. The summed E-state index contributed by atoms with van der Waals surface area (Å²) in [6, 6.07) is 14.6. The van der Waals surface area contributed by atoms with Gasteiger partial charge in [-0.1, -0.05) is 36.8 Å². The van der Waals surface area contributed by atoms with Crippen LogP contribution in [0.15, 0.2) is 54.9 Å². The number of hydrogen-bond acceptors (Lipinski definition) is 2. The third-order valence-electron chi connectivity index (χ3n) is 4.67. The topological polar surface area (TPSA) is 43.3 Å². The Morgan fingerprint density at radius 2 is 1.86 bits per heavy atom. The van der Waals surface area contributed by atoms with Crippen LogP contribution in [0.5, 0.6) is 0 Å². The molecular formula is C18H19N3. The molecule has 2 aromatic heterocycles. The first kappa shape index (κ1) is 12.6. The van der Waals surface area contributed by atoms with Gasteiger partial charge in [-0.15, -0.1) is 0 Å². The number of hydrogen-bond donors (Lipinski definition) is 1. The van der Waals surface area contributed by atoms with Crippen molar-refractivity contribution in [3.63, 3.8) is 0 Å². The minimum atomic E-state index is -0.110. The minimum Gasteiger partial charge on any atom is -0.320 e. The van der Waals surface area contributed by atoms with Crippen molar-refractivity contribution in [1.82, 2.24) is 9.61 Å². The first-order valence-electron chi connectivity index (χ1n) is 7.61. The molecule has 1 atom stereocenters. The summed E-state index contributed by atoms with van der Waals surface area (Å²) >= 11 is 0. The van der Waals surface area contributed by atoms with Crippen LogP contribution in [0.3, 0.4) is 0 Å². The molecule has 3 aromatic rings. The fraction of sp³-hybridized carbons (Fsp3) is 0.278. The van der Waals surface area contributed by atoms with E-state index in [1.807, 2.05) is 29.0 Å². The smallest absolute Gasteiger partial charge is 0.0712 e.